The van der Waals surface area contributed by atoms with E-state index in [9.17, 15) is 0 Å². The molecule has 0 atom stereocenters. The second-order valence-electron chi connectivity index (χ2n) is 7.91. The number of aromatic amines is 1. The summed E-state index contributed by atoms with van der Waals surface area (Å²) in [5, 5.41) is 5.26. The highest BCUT2D eigenvalue weighted by Gasteiger charge is 2.14. The van der Waals surface area contributed by atoms with Gasteiger partial charge in [-0.15, -0.1) is 0 Å². The molecule has 4 rings (SSSR count). The van der Waals surface area contributed by atoms with Crippen LogP contribution < -0.4 is 4.98 Å². The summed E-state index contributed by atoms with van der Waals surface area (Å²) in [6.45, 7) is 8.88. The van der Waals surface area contributed by atoms with Crippen LogP contribution in [0.1, 0.15) is 30.5 Å². The number of fused-ring (bicyclic) bond motifs is 3. The number of rotatable bonds is 3. The standard InChI is InChI=1S/C25H25N/c1-16(2)11-19-5-6-20-7-8-23-22(24(20)15-19)9-10-26-25(23)21-13-17(3)12-18(4)14-21/h5-10,12-16H,11H2,1-4H3/p+1. The van der Waals surface area contributed by atoms with Crippen molar-refractivity contribution in [2.75, 3.05) is 0 Å². The van der Waals surface area contributed by atoms with Gasteiger partial charge in [-0.25, -0.2) is 4.98 Å². The minimum atomic E-state index is 0.668. The van der Waals surface area contributed by atoms with E-state index in [0.29, 0.717) is 5.92 Å². The van der Waals surface area contributed by atoms with Crippen molar-refractivity contribution in [3.8, 4) is 11.3 Å². The van der Waals surface area contributed by atoms with E-state index in [-0.39, 0.29) is 0 Å². The highest BCUT2D eigenvalue weighted by molar-refractivity contribution is 6.10. The van der Waals surface area contributed by atoms with Crippen molar-refractivity contribution in [1.82, 2.24) is 0 Å². The summed E-state index contributed by atoms with van der Waals surface area (Å²) in [6, 6.07) is 20.4. The van der Waals surface area contributed by atoms with Gasteiger partial charge < -0.3 is 0 Å². The predicted octanol–water partition coefficient (Wildman–Crippen LogP) is 6.29. The summed E-state index contributed by atoms with van der Waals surface area (Å²) in [6.07, 6.45) is 3.19. The van der Waals surface area contributed by atoms with Crippen molar-refractivity contribution in [2.24, 2.45) is 5.92 Å². The van der Waals surface area contributed by atoms with Crippen LogP contribution in [0.2, 0.25) is 0 Å². The fourth-order valence-electron chi connectivity index (χ4n) is 4.03. The van der Waals surface area contributed by atoms with Gasteiger partial charge in [0, 0.05) is 17.0 Å². The van der Waals surface area contributed by atoms with E-state index in [1.54, 1.807) is 0 Å². The van der Waals surface area contributed by atoms with Gasteiger partial charge in [0.05, 0.1) is 5.39 Å². The molecule has 0 aliphatic heterocycles. The third kappa shape index (κ3) is 3.10. The van der Waals surface area contributed by atoms with Crippen LogP contribution in [0.5, 0.6) is 0 Å². The maximum absolute atomic E-state index is 3.49. The molecule has 4 aromatic rings. The molecule has 0 aliphatic rings. The molecule has 1 nitrogen and oxygen atoms in total. The Bertz CT molecular complexity index is 1090. The largest absolute Gasteiger partial charge is 0.218 e. The van der Waals surface area contributed by atoms with Crippen LogP contribution in [0.3, 0.4) is 0 Å². The lowest BCUT2D eigenvalue weighted by molar-refractivity contribution is -0.362. The van der Waals surface area contributed by atoms with Crippen molar-refractivity contribution in [1.29, 1.82) is 0 Å². The number of pyridine rings is 1. The van der Waals surface area contributed by atoms with E-state index >= 15 is 0 Å². The lowest BCUT2D eigenvalue weighted by Gasteiger charge is -2.09. The molecule has 0 saturated carbocycles. The maximum Gasteiger partial charge on any atom is 0.218 e. The number of H-pyrrole nitrogens is 1. The molecule has 0 aliphatic carbocycles. The fourth-order valence-corrected chi connectivity index (χ4v) is 4.03. The molecule has 0 radical (unpaired) electrons. The number of hydrogen-bond donors (Lipinski definition) is 0. The smallest absolute Gasteiger partial charge is 0.211 e. The molecule has 26 heavy (non-hydrogen) atoms. The summed E-state index contributed by atoms with van der Waals surface area (Å²) < 4.78 is 0. The van der Waals surface area contributed by atoms with Crippen LogP contribution >= 0.6 is 0 Å². The number of aryl methyl sites for hydroxylation is 2. The molecule has 1 heterocycles. The molecule has 1 aromatic heterocycles. The normalized spacial score (nSPS) is 11.6. The molecule has 1 heteroatoms. The monoisotopic (exact) mass is 340 g/mol. The predicted molar refractivity (Wildman–Crippen MR) is 111 cm³/mol. The van der Waals surface area contributed by atoms with Gasteiger partial charge in [-0.1, -0.05) is 55.3 Å². The van der Waals surface area contributed by atoms with Gasteiger partial charge in [-0.2, -0.15) is 0 Å². The van der Waals surface area contributed by atoms with E-state index in [2.05, 4.69) is 93.5 Å². The van der Waals surface area contributed by atoms with E-state index in [1.807, 2.05) is 0 Å². The quantitative estimate of drug-likeness (QED) is 0.389. The van der Waals surface area contributed by atoms with Crippen molar-refractivity contribution in [3.63, 3.8) is 0 Å². The molecule has 0 bridgehead atoms. The Hall–Kier alpha value is -2.67. The van der Waals surface area contributed by atoms with Crippen LogP contribution in [0.15, 0.2) is 60.8 Å². The number of aromatic nitrogens is 1. The zero-order valence-electron chi connectivity index (χ0n) is 16.1. The lowest BCUT2D eigenvalue weighted by atomic mass is 9.94. The Morgan fingerprint density at radius 3 is 2.23 bits per heavy atom. The first-order valence-electron chi connectivity index (χ1n) is 9.46. The Labute approximate surface area is 155 Å². The van der Waals surface area contributed by atoms with Gasteiger partial charge in [0.2, 0.25) is 5.69 Å². The van der Waals surface area contributed by atoms with E-state index in [1.165, 1.54) is 49.5 Å². The highest BCUT2D eigenvalue weighted by Crippen LogP contribution is 2.31. The third-order valence-electron chi connectivity index (χ3n) is 5.03. The summed E-state index contributed by atoms with van der Waals surface area (Å²) in [5.41, 5.74) is 6.47. The maximum atomic E-state index is 3.49. The van der Waals surface area contributed by atoms with E-state index < -0.39 is 0 Å². The zero-order chi connectivity index (χ0) is 18.3. The van der Waals surface area contributed by atoms with Gasteiger partial charge in [-0.05, 0) is 60.7 Å². The Balaban J connectivity index is 1.97. The Kier molecular flexibility index (Phi) is 4.24. The Morgan fingerprint density at radius 2 is 1.50 bits per heavy atom. The number of benzene rings is 3. The molecular weight excluding hydrogens is 314 g/mol. The molecule has 0 unspecified atom stereocenters. The first-order chi connectivity index (χ1) is 12.5. The van der Waals surface area contributed by atoms with E-state index in [0.717, 1.165) is 6.42 Å². The van der Waals surface area contributed by atoms with Crippen LogP contribution in [0.25, 0.3) is 32.8 Å². The van der Waals surface area contributed by atoms with Crippen molar-refractivity contribution >= 4 is 21.5 Å². The molecule has 3 aromatic carbocycles. The minimum Gasteiger partial charge on any atom is -0.211 e. The second kappa shape index (κ2) is 6.57. The van der Waals surface area contributed by atoms with Crippen LogP contribution in [-0.2, 0) is 6.42 Å². The molecule has 0 fully saturated rings. The van der Waals surface area contributed by atoms with Crippen molar-refractivity contribution in [2.45, 2.75) is 34.1 Å². The zero-order valence-corrected chi connectivity index (χ0v) is 16.1. The third-order valence-corrected chi connectivity index (χ3v) is 5.03. The molecule has 0 saturated heterocycles. The summed E-state index contributed by atoms with van der Waals surface area (Å²) in [7, 11) is 0. The van der Waals surface area contributed by atoms with Crippen molar-refractivity contribution < 1.29 is 4.98 Å². The van der Waals surface area contributed by atoms with Gasteiger partial charge in [0.25, 0.3) is 0 Å². The molecule has 130 valence electrons. The number of hydrogen-bond acceptors (Lipinski definition) is 0. The summed E-state index contributed by atoms with van der Waals surface area (Å²) in [5.74, 6) is 0.668. The van der Waals surface area contributed by atoms with Crippen LogP contribution in [0.4, 0.5) is 0 Å². The fraction of sp³-hybridized carbons (Fsp3) is 0.240. The second-order valence-corrected chi connectivity index (χ2v) is 7.91. The topological polar surface area (TPSA) is 14.1 Å². The molecular formula is C25H26N+. The van der Waals surface area contributed by atoms with E-state index in [4.69, 9.17) is 0 Å². The molecule has 0 amide bonds. The van der Waals surface area contributed by atoms with Crippen LogP contribution in [-0.4, -0.2) is 0 Å². The average molecular weight is 340 g/mol. The first kappa shape index (κ1) is 16.8. The summed E-state index contributed by atoms with van der Waals surface area (Å²) in [4.78, 5) is 3.49. The number of nitrogens with one attached hydrogen (secondary N) is 1. The van der Waals surface area contributed by atoms with Gasteiger partial charge in [0.1, 0.15) is 0 Å². The van der Waals surface area contributed by atoms with Gasteiger partial charge in [-0.3, -0.25) is 0 Å². The van der Waals surface area contributed by atoms with Crippen molar-refractivity contribution in [3.05, 3.63) is 77.5 Å². The van der Waals surface area contributed by atoms with Crippen LogP contribution in [0, 0.1) is 19.8 Å². The highest BCUT2D eigenvalue weighted by atomic mass is 14.7. The minimum absolute atomic E-state index is 0.668. The lowest BCUT2D eigenvalue weighted by Crippen LogP contribution is -2.06. The SMILES string of the molecule is Cc1cc(C)cc(-c2[nH+]ccc3c2ccc2ccc(CC(C)C)cc23)c1. The molecule has 0 spiro atoms. The summed E-state index contributed by atoms with van der Waals surface area (Å²) >= 11 is 0. The Morgan fingerprint density at radius 1 is 0.769 bits per heavy atom. The molecule has 1 N–H and O–H groups in total. The average Bonchev–Trinajstić information content (AvgIpc) is 2.59. The van der Waals surface area contributed by atoms with Gasteiger partial charge >= 0.3 is 0 Å². The first-order valence-corrected chi connectivity index (χ1v) is 9.46. The van der Waals surface area contributed by atoms with Gasteiger partial charge in [0.15, 0.2) is 6.20 Å².